The van der Waals surface area contributed by atoms with Gasteiger partial charge in [-0.2, -0.15) is 18.1 Å². The summed E-state index contributed by atoms with van der Waals surface area (Å²) in [4.78, 5) is 7.87. The first-order valence-corrected chi connectivity index (χ1v) is 2.62. The van der Waals surface area contributed by atoms with E-state index in [0.29, 0.717) is 0 Å². The number of halogens is 3. The Morgan fingerprint density at radius 2 is 2.00 bits per heavy atom. The third kappa shape index (κ3) is 1.83. The lowest BCUT2D eigenvalue weighted by atomic mass is 10.2. The number of alkyl halides is 3. The summed E-state index contributed by atoms with van der Waals surface area (Å²) >= 11 is 0. The topological polar surface area (TPSA) is 27.7 Å². The van der Waals surface area contributed by atoms with Gasteiger partial charge in [-0.1, -0.05) is 5.04 Å². The van der Waals surface area contributed by atoms with Gasteiger partial charge >= 0.3 is 6.18 Å². The van der Waals surface area contributed by atoms with Gasteiger partial charge in [0.05, 0.1) is 6.61 Å². The average Bonchev–Trinajstić information content (AvgIpc) is 1.88. The Kier molecular flexibility index (Phi) is 2.12. The maximum atomic E-state index is 11.7. The van der Waals surface area contributed by atoms with Gasteiger partial charge in [0, 0.05) is 6.42 Å². The Morgan fingerprint density at radius 3 is 2.30 bits per heavy atom. The first-order valence-electron chi connectivity index (χ1n) is 2.62. The molecule has 1 fully saturated rings. The van der Waals surface area contributed by atoms with E-state index in [1.807, 2.05) is 0 Å². The fourth-order valence-corrected chi connectivity index (χ4v) is 0.531. The monoisotopic (exact) mass is 158 g/mol. The van der Waals surface area contributed by atoms with Crippen molar-refractivity contribution in [2.45, 2.75) is 18.7 Å². The van der Waals surface area contributed by atoms with Crippen LogP contribution >= 0.6 is 0 Å². The average molecular weight is 158 g/mol. The van der Waals surface area contributed by atoms with Crippen LogP contribution < -0.4 is 0 Å². The zero-order valence-electron chi connectivity index (χ0n) is 4.85. The highest BCUT2D eigenvalue weighted by Gasteiger charge is 2.43. The van der Waals surface area contributed by atoms with Crippen LogP contribution in [0.3, 0.4) is 0 Å². The normalized spacial score (nSPS) is 28.5. The molecule has 0 amide bonds. The zero-order valence-corrected chi connectivity index (χ0v) is 4.85. The maximum absolute atomic E-state index is 11.7. The first kappa shape index (κ1) is 7.77. The quantitative estimate of drug-likeness (QED) is 0.496. The minimum absolute atomic E-state index is 0.0931. The van der Waals surface area contributed by atoms with Gasteiger partial charge in [0.2, 0.25) is 0 Å². The largest absolute Gasteiger partial charge is 0.418 e. The standard InChI is InChI=1S/C4H5F3O3/c5-4(6,7)3-1-2-8-10-9-3/h3H,1-2H2. The molecule has 0 aromatic carbocycles. The van der Waals surface area contributed by atoms with E-state index in [0.717, 1.165) is 0 Å². The Labute approximate surface area is 54.5 Å². The first-order chi connectivity index (χ1) is 4.61. The molecule has 1 saturated heterocycles. The van der Waals surface area contributed by atoms with Gasteiger partial charge in [-0.15, -0.1) is 0 Å². The molecule has 0 saturated carbocycles. The van der Waals surface area contributed by atoms with Gasteiger partial charge in [-0.3, -0.25) is 0 Å². The van der Waals surface area contributed by atoms with Crippen molar-refractivity contribution in [1.82, 2.24) is 0 Å². The maximum Gasteiger partial charge on any atom is 0.418 e. The van der Waals surface area contributed by atoms with Crippen LogP contribution in [-0.2, 0) is 14.8 Å². The van der Waals surface area contributed by atoms with E-state index in [1.54, 1.807) is 0 Å². The molecule has 6 heteroatoms. The summed E-state index contributed by atoms with van der Waals surface area (Å²) < 4.78 is 35.0. The molecule has 0 aromatic heterocycles. The van der Waals surface area contributed by atoms with E-state index in [2.05, 4.69) is 14.8 Å². The molecule has 0 bridgehead atoms. The van der Waals surface area contributed by atoms with Gasteiger partial charge in [-0.05, 0) is 0 Å². The molecule has 10 heavy (non-hydrogen) atoms. The van der Waals surface area contributed by atoms with E-state index in [4.69, 9.17) is 0 Å². The van der Waals surface area contributed by atoms with Crippen LogP contribution in [0.1, 0.15) is 6.42 Å². The van der Waals surface area contributed by atoms with Crippen molar-refractivity contribution >= 4 is 0 Å². The van der Waals surface area contributed by atoms with Crippen LogP contribution in [0.25, 0.3) is 0 Å². The van der Waals surface area contributed by atoms with Crippen LogP contribution in [0.4, 0.5) is 13.2 Å². The molecule has 0 radical (unpaired) electrons. The molecular weight excluding hydrogens is 153 g/mol. The predicted octanol–water partition coefficient (Wildman–Crippen LogP) is 1.20. The molecule has 60 valence electrons. The second kappa shape index (κ2) is 2.73. The molecule has 1 aliphatic rings. The van der Waals surface area contributed by atoms with E-state index >= 15 is 0 Å². The van der Waals surface area contributed by atoms with Crippen LogP contribution in [0.5, 0.6) is 0 Å². The van der Waals surface area contributed by atoms with E-state index in [9.17, 15) is 13.2 Å². The molecule has 1 aliphatic heterocycles. The molecule has 1 unspecified atom stereocenters. The van der Waals surface area contributed by atoms with Gasteiger partial charge in [0.25, 0.3) is 0 Å². The van der Waals surface area contributed by atoms with Crippen molar-refractivity contribution in [3.63, 3.8) is 0 Å². The highest BCUT2D eigenvalue weighted by molar-refractivity contribution is 4.65. The Bertz CT molecular complexity index is 107. The molecular formula is C4H5F3O3. The van der Waals surface area contributed by atoms with Gasteiger partial charge in [0.1, 0.15) is 0 Å². The second-order valence-corrected chi connectivity index (χ2v) is 1.81. The third-order valence-electron chi connectivity index (χ3n) is 1.03. The van der Waals surface area contributed by atoms with E-state index < -0.39 is 12.3 Å². The Balaban J connectivity index is 2.39. The summed E-state index contributed by atoms with van der Waals surface area (Å²) in [7, 11) is 0. The van der Waals surface area contributed by atoms with Crippen molar-refractivity contribution in [1.29, 1.82) is 0 Å². The van der Waals surface area contributed by atoms with Crippen molar-refractivity contribution < 1.29 is 28.0 Å². The molecule has 0 aromatic rings. The lowest BCUT2D eigenvalue weighted by Crippen LogP contribution is -2.35. The molecule has 1 atom stereocenters. The molecule has 0 spiro atoms. The highest BCUT2D eigenvalue weighted by Crippen LogP contribution is 2.27. The van der Waals surface area contributed by atoms with Gasteiger partial charge < -0.3 is 0 Å². The number of rotatable bonds is 0. The van der Waals surface area contributed by atoms with Crippen LogP contribution in [-0.4, -0.2) is 18.9 Å². The molecule has 0 aliphatic carbocycles. The lowest BCUT2D eigenvalue weighted by molar-refractivity contribution is -0.565. The van der Waals surface area contributed by atoms with Crippen LogP contribution in [0.2, 0.25) is 0 Å². The second-order valence-electron chi connectivity index (χ2n) is 1.81. The molecule has 1 rings (SSSR count). The minimum atomic E-state index is -4.36. The highest BCUT2D eigenvalue weighted by atomic mass is 19.4. The smallest absolute Gasteiger partial charge is 0.206 e. The predicted molar refractivity (Wildman–Crippen MR) is 22.6 cm³/mol. The summed E-state index contributed by atoms with van der Waals surface area (Å²) in [5.41, 5.74) is 0. The van der Waals surface area contributed by atoms with Crippen molar-refractivity contribution in [2.75, 3.05) is 6.61 Å². The van der Waals surface area contributed by atoms with E-state index in [-0.39, 0.29) is 13.0 Å². The summed E-state index contributed by atoms with van der Waals surface area (Å²) in [6.07, 6.45) is -6.42. The van der Waals surface area contributed by atoms with Crippen molar-refractivity contribution in [3.05, 3.63) is 0 Å². The zero-order chi connectivity index (χ0) is 7.61. The van der Waals surface area contributed by atoms with Crippen LogP contribution in [0, 0.1) is 0 Å². The van der Waals surface area contributed by atoms with Crippen LogP contribution in [0.15, 0.2) is 0 Å². The Morgan fingerprint density at radius 1 is 1.30 bits per heavy atom. The molecule has 3 nitrogen and oxygen atoms in total. The van der Waals surface area contributed by atoms with Gasteiger partial charge in [0.15, 0.2) is 6.10 Å². The third-order valence-corrected chi connectivity index (χ3v) is 1.03. The summed E-state index contributed by atoms with van der Waals surface area (Å²) in [6.45, 7) is -0.0931. The summed E-state index contributed by atoms with van der Waals surface area (Å²) in [5.74, 6) is 0. The minimum Gasteiger partial charge on any atom is -0.206 e. The SMILES string of the molecule is FC(F)(F)C1CCOOO1. The number of hydrogen-bond acceptors (Lipinski definition) is 3. The van der Waals surface area contributed by atoms with Gasteiger partial charge in [-0.25, -0.2) is 4.89 Å². The summed E-state index contributed by atoms with van der Waals surface area (Å²) in [6, 6.07) is 0. The fraction of sp³-hybridized carbons (Fsp3) is 1.00. The van der Waals surface area contributed by atoms with Crippen molar-refractivity contribution in [3.8, 4) is 0 Å². The van der Waals surface area contributed by atoms with E-state index in [1.165, 1.54) is 0 Å². The molecule has 0 N–H and O–H groups in total. The molecule has 1 heterocycles. The lowest BCUT2D eigenvalue weighted by Gasteiger charge is -2.21. The number of hydrogen-bond donors (Lipinski definition) is 0. The Hall–Kier alpha value is -0.330. The fourth-order valence-electron chi connectivity index (χ4n) is 0.531. The van der Waals surface area contributed by atoms with Crippen molar-refractivity contribution in [2.24, 2.45) is 0 Å². The summed E-state index contributed by atoms with van der Waals surface area (Å²) in [5, 5.41) is 3.69.